The van der Waals surface area contributed by atoms with Gasteiger partial charge >= 0.3 is 0 Å². The molecule has 0 spiro atoms. The van der Waals surface area contributed by atoms with Crippen molar-refractivity contribution < 1.29 is 0 Å². The lowest BCUT2D eigenvalue weighted by atomic mass is 10.3. The fourth-order valence-corrected chi connectivity index (χ4v) is 6.92. The van der Waals surface area contributed by atoms with Gasteiger partial charge in [0, 0.05) is 7.26 Å². The zero-order chi connectivity index (χ0) is 11.6. The van der Waals surface area contributed by atoms with E-state index in [2.05, 4.69) is 27.7 Å². The Morgan fingerprint density at radius 2 is 1.20 bits per heavy atom. The van der Waals surface area contributed by atoms with Crippen molar-refractivity contribution in [3.63, 3.8) is 0 Å². The lowest BCUT2D eigenvalue weighted by Crippen LogP contribution is -2.10. The van der Waals surface area contributed by atoms with Gasteiger partial charge in [-0.05, 0) is 26.2 Å². The van der Waals surface area contributed by atoms with Gasteiger partial charge in [-0.3, -0.25) is 0 Å². The molecule has 0 aliphatic carbocycles. The molecule has 0 saturated heterocycles. The third-order valence-electron chi connectivity index (χ3n) is 3.59. The number of hydrogen-bond donors (Lipinski definition) is 0. The van der Waals surface area contributed by atoms with Gasteiger partial charge in [0.05, 0.1) is 24.6 Å². The predicted molar refractivity (Wildman–Crippen MR) is 76.8 cm³/mol. The van der Waals surface area contributed by atoms with Crippen LogP contribution in [0.2, 0.25) is 0 Å². The van der Waals surface area contributed by atoms with Crippen LogP contribution in [-0.2, 0) is 0 Å². The Labute approximate surface area is 98.6 Å². The van der Waals surface area contributed by atoms with Crippen LogP contribution in [0.4, 0.5) is 0 Å². The van der Waals surface area contributed by atoms with Gasteiger partial charge in [0.25, 0.3) is 0 Å². The van der Waals surface area contributed by atoms with Crippen LogP contribution in [0.25, 0.3) is 0 Å². The van der Waals surface area contributed by atoms with Gasteiger partial charge in [0.2, 0.25) is 0 Å². The van der Waals surface area contributed by atoms with E-state index in [4.69, 9.17) is 0 Å². The zero-order valence-corrected chi connectivity index (χ0v) is 12.4. The molecule has 0 heterocycles. The second-order valence-electron chi connectivity index (χ2n) is 4.89. The van der Waals surface area contributed by atoms with Crippen molar-refractivity contribution >= 4 is 7.26 Å². The Kier molecular flexibility index (Phi) is 9.92. The van der Waals surface area contributed by atoms with Gasteiger partial charge in [-0.25, -0.2) is 0 Å². The lowest BCUT2D eigenvalue weighted by Gasteiger charge is -2.26. The molecule has 0 bridgehead atoms. The normalized spacial score (nSPS) is 15.2. The zero-order valence-electron chi connectivity index (χ0n) is 11.5. The maximum absolute atomic E-state index is 2.45. The van der Waals surface area contributed by atoms with Crippen LogP contribution in [0, 0.1) is 0 Å². The molecule has 0 aromatic rings. The van der Waals surface area contributed by atoms with Crippen LogP contribution in [0.1, 0.15) is 66.2 Å². The third kappa shape index (κ3) is 6.56. The summed E-state index contributed by atoms with van der Waals surface area (Å²) in [7, 11) is -0.523. The molecule has 1 unspecified atom stereocenters. The summed E-state index contributed by atoms with van der Waals surface area (Å²) in [5.74, 6) is 0. The smallest absolute Gasteiger partial charge is 0.0594 e. The van der Waals surface area contributed by atoms with Gasteiger partial charge in [-0.1, -0.05) is 40.0 Å². The molecule has 0 aliphatic heterocycles. The first-order chi connectivity index (χ1) is 7.24. The van der Waals surface area contributed by atoms with Crippen LogP contribution in [0.3, 0.4) is 0 Å². The van der Waals surface area contributed by atoms with Crippen molar-refractivity contribution in [2.24, 2.45) is 0 Å². The fourth-order valence-electron chi connectivity index (χ4n) is 2.47. The lowest BCUT2D eigenvalue weighted by molar-refractivity contribution is 0.768. The van der Waals surface area contributed by atoms with Crippen molar-refractivity contribution in [2.45, 2.75) is 66.2 Å². The van der Waals surface area contributed by atoms with Crippen LogP contribution in [0.5, 0.6) is 0 Å². The second-order valence-corrected chi connectivity index (χ2v) is 9.55. The van der Waals surface area contributed by atoms with Crippen LogP contribution in [-0.4, -0.2) is 24.6 Å². The van der Waals surface area contributed by atoms with Gasteiger partial charge < -0.3 is 0 Å². The highest BCUT2D eigenvalue weighted by atomic mass is 31.2. The molecule has 0 aromatic carbocycles. The van der Waals surface area contributed by atoms with Crippen LogP contribution < -0.4 is 0 Å². The highest BCUT2D eigenvalue weighted by Crippen LogP contribution is 2.60. The topological polar surface area (TPSA) is 0 Å². The number of rotatable bonds is 10. The molecular formula is C14H32P+. The Morgan fingerprint density at radius 1 is 0.600 bits per heavy atom. The molecule has 1 heteroatoms. The van der Waals surface area contributed by atoms with Crippen molar-refractivity contribution in [1.82, 2.24) is 0 Å². The first kappa shape index (κ1) is 15.4. The van der Waals surface area contributed by atoms with E-state index in [0.29, 0.717) is 0 Å². The first-order valence-corrected chi connectivity index (χ1v) is 9.62. The average molecular weight is 231 g/mol. The third-order valence-corrected chi connectivity index (χ3v) is 8.86. The molecule has 0 fully saturated rings. The average Bonchev–Trinajstić information content (AvgIpc) is 2.26. The first-order valence-electron chi connectivity index (χ1n) is 7.09. The number of hydrogen-bond acceptors (Lipinski definition) is 0. The highest BCUT2D eigenvalue weighted by molar-refractivity contribution is 7.75. The summed E-state index contributed by atoms with van der Waals surface area (Å²) in [6.45, 7) is 9.47. The fraction of sp³-hybridized carbons (Fsp3) is 1.00. The largest absolute Gasteiger partial charge is 0.0654 e. The molecule has 1 atom stereocenters. The molecule has 15 heavy (non-hydrogen) atoms. The van der Waals surface area contributed by atoms with Crippen molar-refractivity contribution in [1.29, 1.82) is 0 Å². The van der Waals surface area contributed by atoms with Gasteiger partial charge in [-0.2, -0.15) is 0 Å². The Bertz CT molecular complexity index is 133. The van der Waals surface area contributed by atoms with Crippen molar-refractivity contribution in [3.8, 4) is 0 Å². The van der Waals surface area contributed by atoms with Crippen LogP contribution in [0.15, 0.2) is 0 Å². The number of unbranched alkanes of at least 4 members (excludes halogenated alkanes) is 3. The van der Waals surface area contributed by atoms with Gasteiger partial charge in [0.1, 0.15) is 0 Å². The molecule has 0 amide bonds. The minimum absolute atomic E-state index is 0.523. The molecule has 0 aromatic heterocycles. The summed E-state index contributed by atoms with van der Waals surface area (Å²) in [6.07, 6.45) is 14.9. The summed E-state index contributed by atoms with van der Waals surface area (Å²) in [5, 5.41) is 0. The predicted octanol–water partition coefficient (Wildman–Crippen LogP) is 5.42. The van der Waals surface area contributed by atoms with E-state index < -0.39 is 7.26 Å². The Balaban J connectivity index is 4.09. The van der Waals surface area contributed by atoms with E-state index >= 15 is 0 Å². The summed E-state index contributed by atoms with van der Waals surface area (Å²) >= 11 is 0. The summed E-state index contributed by atoms with van der Waals surface area (Å²) in [6, 6.07) is 0. The molecule has 0 aliphatic rings. The van der Waals surface area contributed by atoms with Crippen LogP contribution >= 0.6 is 7.26 Å². The van der Waals surface area contributed by atoms with Gasteiger partial charge in [-0.15, -0.1) is 0 Å². The van der Waals surface area contributed by atoms with Crippen molar-refractivity contribution in [3.05, 3.63) is 0 Å². The van der Waals surface area contributed by atoms with E-state index in [9.17, 15) is 0 Å². The SMILES string of the molecule is CCCCC[P+](CC)(CCC)CCCC. The molecule has 0 N–H and O–H groups in total. The molecule has 0 saturated carbocycles. The standard InChI is InChI=1S/C14H32P/c1-5-9-11-14-15(8-4,12-7-3)13-10-6-2/h5-14H2,1-4H3/q+1. The molecule has 0 radical (unpaired) electrons. The summed E-state index contributed by atoms with van der Waals surface area (Å²) in [5.41, 5.74) is 0. The van der Waals surface area contributed by atoms with E-state index in [1.807, 2.05) is 0 Å². The molecular weight excluding hydrogens is 199 g/mol. The van der Waals surface area contributed by atoms with E-state index in [1.54, 1.807) is 18.5 Å². The molecule has 0 rings (SSSR count). The second kappa shape index (κ2) is 9.64. The van der Waals surface area contributed by atoms with E-state index in [1.165, 1.54) is 44.7 Å². The van der Waals surface area contributed by atoms with E-state index in [-0.39, 0.29) is 0 Å². The highest BCUT2D eigenvalue weighted by Gasteiger charge is 2.32. The monoisotopic (exact) mass is 231 g/mol. The Hall–Kier alpha value is 0.430. The minimum Gasteiger partial charge on any atom is -0.0654 e. The maximum Gasteiger partial charge on any atom is 0.0594 e. The summed E-state index contributed by atoms with van der Waals surface area (Å²) in [4.78, 5) is 0. The Morgan fingerprint density at radius 3 is 1.67 bits per heavy atom. The summed E-state index contributed by atoms with van der Waals surface area (Å²) < 4.78 is 0. The molecule has 92 valence electrons. The van der Waals surface area contributed by atoms with E-state index in [0.717, 1.165) is 0 Å². The maximum atomic E-state index is 2.45. The molecule has 0 nitrogen and oxygen atoms in total. The minimum atomic E-state index is -0.523. The van der Waals surface area contributed by atoms with Gasteiger partial charge in [0.15, 0.2) is 0 Å². The van der Waals surface area contributed by atoms with Crippen molar-refractivity contribution in [2.75, 3.05) is 24.6 Å². The quantitative estimate of drug-likeness (QED) is 0.347.